The van der Waals surface area contributed by atoms with Gasteiger partial charge in [0.25, 0.3) is 0 Å². The highest BCUT2D eigenvalue weighted by atomic mass is 33.1. The van der Waals surface area contributed by atoms with Crippen LogP contribution in [0.2, 0.25) is 0 Å². The predicted octanol–water partition coefficient (Wildman–Crippen LogP) is 0.215. The molecule has 0 spiro atoms. The van der Waals surface area contributed by atoms with Gasteiger partial charge in [0, 0.05) is 17.5 Å². The summed E-state index contributed by atoms with van der Waals surface area (Å²) in [6, 6.07) is -0.359. The fourth-order valence-electron chi connectivity index (χ4n) is 0.496. The SMILES string of the molecule is COC(=O)C(N)CSSCC(C)N. The molecule has 0 saturated heterocycles. The van der Waals surface area contributed by atoms with E-state index in [4.69, 9.17) is 11.5 Å². The average molecular weight is 224 g/mol. The zero-order valence-electron chi connectivity index (χ0n) is 7.86. The van der Waals surface area contributed by atoms with Crippen LogP contribution in [0.4, 0.5) is 0 Å². The van der Waals surface area contributed by atoms with Gasteiger partial charge in [0.1, 0.15) is 6.04 Å². The van der Waals surface area contributed by atoms with E-state index in [0.717, 1.165) is 5.75 Å². The summed E-state index contributed by atoms with van der Waals surface area (Å²) in [7, 11) is 4.50. The van der Waals surface area contributed by atoms with Crippen LogP contribution in [0.3, 0.4) is 0 Å². The van der Waals surface area contributed by atoms with Crippen molar-refractivity contribution in [1.29, 1.82) is 0 Å². The molecule has 4 N–H and O–H groups in total. The standard InChI is InChI=1S/C7H16N2O2S2/c1-5(8)3-12-13-4-6(9)7(10)11-2/h5-6H,3-4,8-9H2,1-2H3. The molecule has 0 fully saturated rings. The summed E-state index contributed by atoms with van der Waals surface area (Å²) >= 11 is 0. The number of nitrogens with two attached hydrogens (primary N) is 2. The lowest BCUT2D eigenvalue weighted by Gasteiger charge is -2.08. The molecule has 0 aromatic heterocycles. The number of hydrogen-bond donors (Lipinski definition) is 2. The second kappa shape index (κ2) is 7.49. The van der Waals surface area contributed by atoms with Gasteiger partial charge >= 0.3 is 5.97 Å². The largest absolute Gasteiger partial charge is 0.468 e. The van der Waals surface area contributed by atoms with Gasteiger partial charge in [-0.05, 0) is 6.92 Å². The summed E-state index contributed by atoms with van der Waals surface area (Å²) in [5.41, 5.74) is 11.0. The molecule has 0 aliphatic carbocycles. The van der Waals surface area contributed by atoms with E-state index in [9.17, 15) is 4.79 Å². The van der Waals surface area contributed by atoms with Gasteiger partial charge in [-0.1, -0.05) is 21.6 Å². The maximum absolute atomic E-state index is 10.8. The van der Waals surface area contributed by atoms with E-state index in [1.54, 1.807) is 21.6 Å². The third-order valence-electron chi connectivity index (χ3n) is 1.17. The van der Waals surface area contributed by atoms with E-state index in [0.29, 0.717) is 5.75 Å². The fourth-order valence-corrected chi connectivity index (χ4v) is 2.85. The van der Waals surface area contributed by atoms with Crippen molar-refractivity contribution >= 4 is 27.6 Å². The molecule has 0 heterocycles. The van der Waals surface area contributed by atoms with E-state index in [-0.39, 0.29) is 12.0 Å². The molecule has 0 bridgehead atoms. The topological polar surface area (TPSA) is 78.3 Å². The molecule has 78 valence electrons. The molecule has 0 aliphatic rings. The number of rotatable bonds is 6. The Morgan fingerprint density at radius 3 is 2.38 bits per heavy atom. The Morgan fingerprint density at radius 1 is 1.38 bits per heavy atom. The molecule has 0 saturated carbocycles. The van der Waals surface area contributed by atoms with Crippen molar-refractivity contribution in [3.8, 4) is 0 Å². The predicted molar refractivity (Wildman–Crippen MR) is 58.6 cm³/mol. The normalized spacial score (nSPS) is 15.1. The highest BCUT2D eigenvalue weighted by Crippen LogP contribution is 2.21. The van der Waals surface area contributed by atoms with Crippen LogP contribution in [0.15, 0.2) is 0 Å². The van der Waals surface area contributed by atoms with Crippen molar-refractivity contribution in [3.63, 3.8) is 0 Å². The third-order valence-corrected chi connectivity index (χ3v) is 3.81. The molecule has 0 radical (unpaired) electrons. The minimum atomic E-state index is -0.532. The molecule has 2 unspecified atom stereocenters. The van der Waals surface area contributed by atoms with Gasteiger partial charge in [0.05, 0.1) is 7.11 Å². The van der Waals surface area contributed by atoms with Crippen LogP contribution in [0.1, 0.15) is 6.92 Å². The van der Waals surface area contributed by atoms with Crippen LogP contribution in [-0.4, -0.2) is 36.7 Å². The third kappa shape index (κ3) is 7.18. The molecule has 0 rings (SSSR count). The summed E-state index contributed by atoms with van der Waals surface area (Å²) < 4.78 is 4.48. The van der Waals surface area contributed by atoms with Gasteiger partial charge in [0.15, 0.2) is 0 Å². The first-order valence-electron chi connectivity index (χ1n) is 3.91. The molecule has 2 atom stereocenters. The van der Waals surface area contributed by atoms with Crippen molar-refractivity contribution in [1.82, 2.24) is 0 Å². The van der Waals surface area contributed by atoms with Crippen LogP contribution in [0.5, 0.6) is 0 Å². The van der Waals surface area contributed by atoms with E-state index < -0.39 is 6.04 Å². The summed E-state index contributed by atoms with van der Waals surface area (Å²) in [5, 5.41) is 0. The lowest BCUT2D eigenvalue weighted by Crippen LogP contribution is -2.33. The first kappa shape index (κ1) is 13.1. The highest BCUT2D eigenvalue weighted by molar-refractivity contribution is 8.76. The Kier molecular flexibility index (Phi) is 7.54. The van der Waals surface area contributed by atoms with Gasteiger partial charge in [0.2, 0.25) is 0 Å². The maximum Gasteiger partial charge on any atom is 0.323 e. The number of ether oxygens (including phenoxy) is 1. The molecular formula is C7H16N2O2S2. The monoisotopic (exact) mass is 224 g/mol. The van der Waals surface area contributed by atoms with Gasteiger partial charge < -0.3 is 16.2 Å². The van der Waals surface area contributed by atoms with Gasteiger partial charge in [-0.15, -0.1) is 0 Å². The Bertz CT molecular complexity index is 155. The lowest BCUT2D eigenvalue weighted by molar-refractivity contribution is -0.141. The zero-order chi connectivity index (χ0) is 10.3. The van der Waals surface area contributed by atoms with Crippen LogP contribution >= 0.6 is 21.6 Å². The number of hydrogen-bond acceptors (Lipinski definition) is 6. The number of carbonyl (C=O) groups is 1. The van der Waals surface area contributed by atoms with Crippen molar-refractivity contribution in [3.05, 3.63) is 0 Å². The first-order chi connectivity index (χ1) is 6.07. The van der Waals surface area contributed by atoms with Crippen molar-refractivity contribution in [2.45, 2.75) is 19.0 Å². The Morgan fingerprint density at radius 2 is 1.92 bits per heavy atom. The second-order valence-electron chi connectivity index (χ2n) is 2.68. The first-order valence-corrected chi connectivity index (χ1v) is 6.40. The molecular weight excluding hydrogens is 208 g/mol. The Labute approximate surface area is 86.5 Å². The number of carbonyl (C=O) groups excluding carboxylic acids is 1. The Balaban J connectivity index is 3.37. The van der Waals surface area contributed by atoms with Crippen LogP contribution < -0.4 is 11.5 Å². The summed E-state index contributed by atoms with van der Waals surface area (Å²) in [4.78, 5) is 10.8. The van der Waals surface area contributed by atoms with Crippen LogP contribution in [0, 0.1) is 0 Å². The minimum absolute atomic E-state index is 0.173. The van der Waals surface area contributed by atoms with Gasteiger partial charge in [-0.3, -0.25) is 4.79 Å². The van der Waals surface area contributed by atoms with Crippen LogP contribution in [-0.2, 0) is 9.53 Å². The Hall–Kier alpha value is 0.0900. The molecule has 0 aromatic carbocycles. The highest BCUT2D eigenvalue weighted by Gasteiger charge is 2.13. The summed E-state index contributed by atoms with van der Waals surface area (Å²) in [6.45, 7) is 1.94. The number of esters is 1. The summed E-state index contributed by atoms with van der Waals surface area (Å²) in [6.07, 6.45) is 0. The fraction of sp³-hybridized carbons (Fsp3) is 0.857. The van der Waals surface area contributed by atoms with E-state index in [2.05, 4.69) is 4.74 Å². The van der Waals surface area contributed by atoms with E-state index in [1.807, 2.05) is 6.92 Å². The molecule has 0 aliphatic heterocycles. The van der Waals surface area contributed by atoms with Gasteiger partial charge in [-0.2, -0.15) is 0 Å². The minimum Gasteiger partial charge on any atom is -0.468 e. The lowest BCUT2D eigenvalue weighted by atomic mass is 10.4. The van der Waals surface area contributed by atoms with Gasteiger partial charge in [-0.25, -0.2) is 0 Å². The molecule has 13 heavy (non-hydrogen) atoms. The zero-order valence-corrected chi connectivity index (χ0v) is 9.49. The summed E-state index contributed by atoms with van der Waals surface area (Å²) in [5.74, 6) is 1.05. The molecule has 0 aromatic rings. The quantitative estimate of drug-likeness (QED) is 0.382. The second-order valence-corrected chi connectivity index (χ2v) is 5.23. The maximum atomic E-state index is 10.8. The molecule has 4 nitrogen and oxygen atoms in total. The van der Waals surface area contributed by atoms with Crippen molar-refractivity contribution in [2.75, 3.05) is 18.6 Å². The smallest absolute Gasteiger partial charge is 0.323 e. The van der Waals surface area contributed by atoms with Crippen molar-refractivity contribution < 1.29 is 9.53 Å². The number of methoxy groups -OCH3 is 1. The van der Waals surface area contributed by atoms with Crippen molar-refractivity contribution in [2.24, 2.45) is 11.5 Å². The average Bonchev–Trinajstić information content (AvgIpc) is 2.10. The van der Waals surface area contributed by atoms with Crippen LogP contribution in [0.25, 0.3) is 0 Å². The molecule has 0 amide bonds. The van der Waals surface area contributed by atoms with E-state index in [1.165, 1.54) is 7.11 Å². The van der Waals surface area contributed by atoms with E-state index >= 15 is 0 Å². The molecule has 6 heteroatoms.